The van der Waals surface area contributed by atoms with Gasteiger partial charge in [0.15, 0.2) is 0 Å². The second-order valence-corrected chi connectivity index (χ2v) is 7.88. The minimum Gasteiger partial charge on any atom is -0.491 e. The van der Waals surface area contributed by atoms with Crippen LogP contribution in [0.5, 0.6) is 5.75 Å². The molecule has 154 valence electrons. The fourth-order valence-corrected chi connectivity index (χ4v) is 4.00. The second-order valence-electron chi connectivity index (χ2n) is 7.88. The van der Waals surface area contributed by atoms with Crippen molar-refractivity contribution in [1.82, 2.24) is 9.55 Å². The van der Waals surface area contributed by atoms with E-state index in [1.165, 1.54) is 5.56 Å². The van der Waals surface area contributed by atoms with Crippen molar-refractivity contribution >= 4 is 11.0 Å². The van der Waals surface area contributed by atoms with Gasteiger partial charge in [-0.2, -0.15) is 0 Å². The summed E-state index contributed by atoms with van der Waals surface area (Å²) in [6, 6.07) is 16.2. The molecule has 0 spiro atoms. The van der Waals surface area contributed by atoms with Gasteiger partial charge in [-0.25, -0.2) is 4.98 Å². The Balaban J connectivity index is 1.51. The van der Waals surface area contributed by atoms with Gasteiger partial charge in [-0.1, -0.05) is 44.2 Å². The lowest BCUT2D eigenvalue weighted by Crippen LogP contribution is -2.25. The summed E-state index contributed by atoms with van der Waals surface area (Å²) in [5, 5.41) is 10.8. The molecule has 1 fully saturated rings. The fourth-order valence-electron chi connectivity index (χ4n) is 4.00. The Morgan fingerprint density at radius 1 is 1.21 bits per heavy atom. The van der Waals surface area contributed by atoms with Crippen molar-refractivity contribution in [3.8, 4) is 5.75 Å². The number of ether oxygens (including phenoxy) is 2. The second kappa shape index (κ2) is 8.97. The third-order valence-corrected chi connectivity index (χ3v) is 5.79. The van der Waals surface area contributed by atoms with Gasteiger partial charge in [-0.15, -0.1) is 0 Å². The highest BCUT2D eigenvalue weighted by Gasteiger charge is 2.25. The van der Waals surface area contributed by atoms with Crippen LogP contribution in [0.4, 0.5) is 0 Å². The van der Waals surface area contributed by atoms with Gasteiger partial charge in [-0.05, 0) is 48.9 Å². The number of hydrogen-bond acceptors (Lipinski definition) is 4. The summed E-state index contributed by atoms with van der Waals surface area (Å²) in [7, 11) is 0. The van der Waals surface area contributed by atoms with Crippen LogP contribution in [0.2, 0.25) is 0 Å². The molecule has 1 aliphatic rings. The first kappa shape index (κ1) is 19.9. The highest BCUT2D eigenvalue weighted by molar-refractivity contribution is 5.76. The lowest BCUT2D eigenvalue weighted by Gasteiger charge is -2.20. The summed E-state index contributed by atoms with van der Waals surface area (Å²) in [5.41, 5.74) is 3.15. The topological polar surface area (TPSA) is 56.5 Å². The molecule has 1 aliphatic heterocycles. The molecule has 4 rings (SSSR count). The molecule has 5 nitrogen and oxygen atoms in total. The maximum atomic E-state index is 10.8. The predicted octanol–water partition coefficient (Wildman–Crippen LogP) is 4.84. The van der Waals surface area contributed by atoms with E-state index in [0.717, 1.165) is 48.5 Å². The maximum absolute atomic E-state index is 10.8. The Hall–Kier alpha value is -2.37. The van der Waals surface area contributed by atoms with E-state index in [9.17, 15) is 5.11 Å². The third-order valence-electron chi connectivity index (χ3n) is 5.79. The molecule has 1 saturated heterocycles. The fraction of sp³-hybridized carbons (Fsp3) is 0.458. The molecule has 0 amide bonds. The molecule has 0 radical (unpaired) electrons. The number of aliphatic hydroxyl groups excluding tert-OH is 1. The SMILES string of the molecule is CCC(C)c1ccccc1OCC(O)Cn1c(C2CCCO2)nc2ccccc21. The first-order valence-electron chi connectivity index (χ1n) is 10.6. The Morgan fingerprint density at radius 3 is 2.79 bits per heavy atom. The van der Waals surface area contributed by atoms with Gasteiger partial charge < -0.3 is 19.1 Å². The Bertz CT molecular complexity index is 946. The monoisotopic (exact) mass is 394 g/mol. The maximum Gasteiger partial charge on any atom is 0.139 e. The van der Waals surface area contributed by atoms with Crippen LogP contribution in [0.25, 0.3) is 11.0 Å². The number of fused-ring (bicyclic) bond motifs is 1. The van der Waals surface area contributed by atoms with Crippen LogP contribution in [0.15, 0.2) is 48.5 Å². The summed E-state index contributed by atoms with van der Waals surface area (Å²) in [5.74, 6) is 2.19. The summed E-state index contributed by atoms with van der Waals surface area (Å²) in [4.78, 5) is 4.80. The first-order chi connectivity index (χ1) is 14.2. The summed E-state index contributed by atoms with van der Waals surface area (Å²) >= 11 is 0. The molecular weight excluding hydrogens is 364 g/mol. The summed E-state index contributed by atoms with van der Waals surface area (Å²) < 4.78 is 14.0. The molecule has 2 aromatic carbocycles. The molecule has 0 aliphatic carbocycles. The van der Waals surface area contributed by atoms with Crippen molar-refractivity contribution in [2.75, 3.05) is 13.2 Å². The molecular formula is C24H30N2O3. The van der Waals surface area contributed by atoms with Crippen LogP contribution in [0, 0.1) is 0 Å². The number of nitrogens with zero attached hydrogens (tertiary/aromatic N) is 2. The molecule has 1 aromatic heterocycles. The van der Waals surface area contributed by atoms with E-state index in [1.54, 1.807) is 0 Å². The molecule has 3 aromatic rings. The average molecular weight is 395 g/mol. The van der Waals surface area contributed by atoms with Crippen molar-refractivity contribution in [1.29, 1.82) is 0 Å². The smallest absolute Gasteiger partial charge is 0.139 e. The molecule has 3 unspecified atom stereocenters. The first-order valence-corrected chi connectivity index (χ1v) is 10.6. The minimum absolute atomic E-state index is 0.00153. The Morgan fingerprint density at radius 2 is 2.00 bits per heavy atom. The third kappa shape index (κ3) is 4.31. The number of hydrogen-bond donors (Lipinski definition) is 1. The van der Waals surface area contributed by atoms with E-state index in [-0.39, 0.29) is 12.7 Å². The van der Waals surface area contributed by atoms with Crippen molar-refractivity contribution in [2.24, 2.45) is 0 Å². The molecule has 0 saturated carbocycles. The van der Waals surface area contributed by atoms with Gasteiger partial charge in [0.05, 0.1) is 17.6 Å². The lowest BCUT2D eigenvalue weighted by atomic mass is 9.98. The number of para-hydroxylation sites is 3. The zero-order chi connectivity index (χ0) is 20.2. The van der Waals surface area contributed by atoms with E-state index in [1.807, 2.05) is 42.5 Å². The van der Waals surface area contributed by atoms with Gasteiger partial charge in [0.25, 0.3) is 0 Å². The Labute approximate surface area is 172 Å². The normalized spacial score (nSPS) is 18.8. The van der Waals surface area contributed by atoms with Crippen LogP contribution in [-0.4, -0.2) is 34.0 Å². The van der Waals surface area contributed by atoms with E-state index in [2.05, 4.69) is 24.5 Å². The van der Waals surface area contributed by atoms with Gasteiger partial charge >= 0.3 is 0 Å². The van der Waals surface area contributed by atoms with Crippen molar-refractivity contribution in [3.05, 3.63) is 59.9 Å². The highest BCUT2D eigenvalue weighted by atomic mass is 16.5. The van der Waals surface area contributed by atoms with E-state index in [0.29, 0.717) is 12.5 Å². The van der Waals surface area contributed by atoms with Gasteiger partial charge in [-0.3, -0.25) is 0 Å². The van der Waals surface area contributed by atoms with Crippen LogP contribution in [0.1, 0.15) is 56.5 Å². The van der Waals surface area contributed by atoms with Crippen LogP contribution < -0.4 is 4.74 Å². The van der Waals surface area contributed by atoms with Crippen molar-refractivity contribution in [2.45, 2.75) is 57.8 Å². The van der Waals surface area contributed by atoms with Crippen molar-refractivity contribution < 1.29 is 14.6 Å². The van der Waals surface area contributed by atoms with Crippen molar-refractivity contribution in [3.63, 3.8) is 0 Å². The Kier molecular flexibility index (Phi) is 6.16. The molecule has 0 bridgehead atoms. The number of benzene rings is 2. The number of rotatable bonds is 8. The number of aromatic nitrogens is 2. The quantitative estimate of drug-likeness (QED) is 0.594. The van der Waals surface area contributed by atoms with E-state index >= 15 is 0 Å². The highest BCUT2D eigenvalue weighted by Crippen LogP contribution is 2.31. The summed E-state index contributed by atoms with van der Waals surface area (Å²) in [6.45, 7) is 5.81. The average Bonchev–Trinajstić information content (AvgIpc) is 3.40. The van der Waals surface area contributed by atoms with Gasteiger partial charge in [0.2, 0.25) is 0 Å². The van der Waals surface area contributed by atoms with Gasteiger partial charge in [0, 0.05) is 6.61 Å². The molecule has 1 N–H and O–H groups in total. The van der Waals surface area contributed by atoms with Crippen LogP contribution in [0.3, 0.4) is 0 Å². The molecule has 29 heavy (non-hydrogen) atoms. The zero-order valence-electron chi connectivity index (χ0n) is 17.3. The minimum atomic E-state index is -0.641. The van der Waals surface area contributed by atoms with Crippen LogP contribution in [-0.2, 0) is 11.3 Å². The van der Waals surface area contributed by atoms with E-state index in [4.69, 9.17) is 14.5 Å². The standard InChI is InChI=1S/C24H30N2O3/c1-3-17(2)19-9-4-7-12-22(19)29-16-18(27)15-26-21-11-6-5-10-20(21)25-24(26)23-13-8-14-28-23/h4-7,9-12,17-18,23,27H,3,8,13-16H2,1-2H3. The number of aliphatic hydroxyl groups is 1. The molecule has 3 atom stereocenters. The predicted molar refractivity (Wildman–Crippen MR) is 114 cm³/mol. The largest absolute Gasteiger partial charge is 0.491 e. The summed E-state index contributed by atoms with van der Waals surface area (Å²) in [6.07, 6.45) is 2.43. The lowest BCUT2D eigenvalue weighted by molar-refractivity contribution is 0.0802. The number of imidazole rings is 1. The zero-order valence-corrected chi connectivity index (χ0v) is 17.3. The van der Waals surface area contributed by atoms with Crippen LogP contribution >= 0.6 is 0 Å². The molecule has 2 heterocycles. The van der Waals surface area contributed by atoms with Gasteiger partial charge in [0.1, 0.15) is 30.4 Å². The van der Waals surface area contributed by atoms with E-state index < -0.39 is 6.10 Å². The molecule has 5 heteroatoms.